The normalized spacial score (nSPS) is 15.6. The molecule has 6 nitrogen and oxygen atoms in total. The number of piperazine rings is 1. The topological polar surface area (TPSA) is 61.9 Å². The second-order valence-corrected chi connectivity index (χ2v) is 7.29. The fraction of sp³-hybridized carbons (Fsp3) is 0.364. The smallest absolute Gasteiger partial charge is 0.387 e. The van der Waals surface area contributed by atoms with E-state index in [9.17, 15) is 22.8 Å². The number of halogens is 3. The number of alkyl halides is 2. The molecule has 2 aromatic carbocycles. The second-order valence-electron chi connectivity index (χ2n) is 7.29. The van der Waals surface area contributed by atoms with Crippen LogP contribution >= 0.6 is 0 Å². The van der Waals surface area contributed by atoms with Crippen molar-refractivity contribution in [3.8, 4) is 5.75 Å². The van der Waals surface area contributed by atoms with Crippen molar-refractivity contribution < 1.29 is 27.5 Å². The van der Waals surface area contributed by atoms with Crippen LogP contribution in [0, 0.1) is 5.82 Å². The molecule has 2 amide bonds. The minimum absolute atomic E-state index is 0.0162. The quantitative estimate of drug-likeness (QED) is 0.726. The van der Waals surface area contributed by atoms with Gasteiger partial charge in [0.05, 0.1) is 12.5 Å². The first-order valence-electron chi connectivity index (χ1n) is 9.94. The Morgan fingerprint density at radius 1 is 1.00 bits per heavy atom. The van der Waals surface area contributed by atoms with Crippen LogP contribution in [0.15, 0.2) is 48.5 Å². The molecule has 166 valence electrons. The molecule has 1 saturated heterocycles. The second kappa shape index (κ2) is 10.3. The minimum atomic E-state index is -2.90. The van der Waals surface area contributed by atoms with Gasteiger partial charge in [-0.15, -0.1) is 0 Å². The van der Waals surface area contributed by atoms with Gasteiger partial charge in [-0.3, -0.25) is 14.5 Å². The van der Waals surface area contributed by atoms with Crippen LogP contribution in [0.25, 0.3) is 0 Å². The summed E-state index contributed by atoms with van der Waals surface area (Å²) in [5.41, 5.74) is 1.23. The molecule has 0 aromatic heterocycles. The van der Waals surface area contributed by atoms with Crippen molar-refractivity contribution in [2.75, 3.05) is 31.5 Å². The third-order valence-electron chi connectivity index (χ3n) is 5.21. The number of anilines is 1. The lowest BCUT2D eigenvalue weighted by atomic mass is 10.1. The number of amides is 2. The van der Waals surface area contributed by atoms with Gasteiger partial charge < -0.3 is 15.0 Å². The molecule has 3 rings (SSSR count). The largest absolute Gasteiger partial charge is 0.435 e. The highest BCUT2D eigenvalue weighted by Crippen LogP contribution is 2.18. The summed E-state index contributed by atoms with van der Waals surface area (Å²) in [6.45, 7) is 0.964. The van der Waals surface area contributed by atoms with Gasteiger partial charge in [-0.2, -0.15) is 8.78 Å². The van der Waals surface area contributed by atoms with E-state index in [2.05, 4.69) is 10.1 Å². The summed E-state index contributed by atoms with van der Waals surface area (Å²) in [7, 11) is 0. The van der Waals surface area contributed by atoms with Gasteiger partial charge in [-0.1, -0.05) is 12.1 Å². The number of nitrogens with one attached hydrogen (secondary N) is 1. The van der Waals surface area contributed by atoms with Crippen molar-refractivity contribution in [3.05, 3.63) is 59.9 Å². The van der Waals surface area contributed by atoms with Gasteiger partial charge in [0, 0.05) is 31.9 Å². The average molecular weight is 435 g/mol. The molecule has 31 heavy (non-hydrogen) atoms. The molecule has 1 aliphatic rings. The summed E-state index contributed by atoms with van der Waals surface area (Å²) in [5.74, 6) is -0.583. The van der Waals surface area contributed by atoms with Crippen LogP contribution < -0.4 is 10.1 Å². The summed E-state index contributed by atoms with van der Waals surface area (Å²) < 4.78 is 41.7. The van der Waals surface area contributed by atoms with Crippen LogP contribution in [0.1, 0.15) is 12.5 Å². The van der Waals surface area contributed by atoms with Crippen LogP contribution in [0.2, 0.25) is 0 Å². The lowest BCUT2D eigenvalue weighted by molar-refractivity contribution is -0.133. The Balaban J connectivity index is 1.46. The van der Waals surface area contributed by atoms with Gasteiger partial charge in [0.25, 0.3) is 0 Å². The van der Waals surface area contributed by atoms with Gasteiger partial charge >= 0.3 is 6.61 Å². The summed E-state index contributed by atoms with van der Waals surface area (Å²) in [5, 5.41) is 2.76. The molecule has 9 heteroatoms. The van der Waals surface area contributed by atoms with Crippen molar-refractivity contribution in [1.29, 1.82) is 0 Å². The Morgan fingerprint density at radius 2 is 1.61 bits per heavy atom. The molecule has 2 aromatic rings. The predicted molar refractivity (Wildman–Crippen MR) is 109 cm³/mol. The lowest BCUT2D eigenvalue weighted by Crippen LogP contribution is -2.54. The molecule has 1 aliphatic heterocycles. The SMILES string of the molecule is CC(C(=O)Nc1ccc(OC(F)F)cc1)N1CCN(C(=O)Cc2ccc(F)cc2)CC1. The number of carbonyl (C=O) groups is 2. The van der Waals surface area contributed by atoms with E-state index in [1.165, 1.54) is 36.4 Å². The molecule has 0 bridgehead atoms. The van der Waals surface area contributed by atoms with E-state index in [4.69, 9.17) is 0 Å². The van der Waals surface area contributed by atoms with Crippen molar-refractivity contribution in [1.82, 2.24) is 9.80 Å². The van der Waals surface area contributed by atoms with E-state index in [-0.39, 0.29) is 29.8 Å². The van der Waals surface area contributed by atoms with E-state index in [1.807, 2.05) is 4.90 Å². The Morgan fingerprint density at radius 3 is 2.19 bits per heavy atom. The number of hydrogen-bond acceptors (Lipinski definition) is 4. The summed E-state index contributed by atoms with van der Waals surface area (Å²) in [4.78, 5) is 28.7. The number of rotatable bonds is 7. The Labute approximate surface area is 178 Å². The van der Waals surface area contributed by atoms with E-state index in [0.717, 1.165) is 5.56 Å². The highest BCUT2D eigenvalue weighted by Gasteiger charge is 2.27. The summed E-state index contributed by atoms with van der Waals surface area (Å²) in [6, 6.07) is 11.1. The van der Waals surface area contributed by atoms with Crippen molar-refractivity contribution in [2.24, 2.45) is 0 Å². The first kappa shape index (κ1) is 22.6. The van der Waals surface area contributed by atoms with E-state index < -0.39 is 12.7 Å². The van der Waals surface area contributed by atoms with E-state index in [1.54, 1.807) is 24.0 Å². The third-order valence-corrected chi connectivity index (χ3v) is 5.21. The van der Waals surface area contributed by atoms with Crippen LogP contribution in [0.5, 0.6) is 5.75 Å². The average Bonchev–Trinajstić information content (AvgIpc) is 2.76. The summed E-state index contributed by atoms with van der Waals surface area (Å²) in [6.07, 6.45) is 0.210. The molecule has 1 fully saturated rings. The zero-order chi connectivity index (χ0) is 22.4. The maximum atomic E-state index is 13.0. The third kappa shape index (κ3) is 6.45. The molecule has 0 aliphatic carbocycles. The zero-order valence-electron chi connectivity index (χ0n) is 17.1. The number of hydrogen-bond donors (Lipinski definition) is 1. The van der Waals surface area contributed by atoms with Crippen LogP contribution in [-0.2, 0) is 16.0 Å². The molecule has 0 spiro atoms. The number of benzene rings is 2. The number of nitrogens with zero attached hydrogens (tertiary/aromatic N) is 2. The molecule has 1 heterocycles. The van der Waals surface area contributed by atoms with E-state index in [0.29, 0.717) is 31.9 Å². The zero-order valence-corrected chi connectivity index (χ0v) is 17.1. The highest BCUT2D eigenvalue weighted by atomic mass is 19.3. The van der Waals surface area contributed by atoms with Crippen LogP contribution in [0.3, 0.4) is 0 Å². The maximum absolute atomic E-state index is 13.0. The van der Waals surface area contributed by atoms with Gasteiger partial charge in [-0.25, -0.2) is 4.39 Å². The maximum Gasteiger partial charge on any atom is 0.387 e. The monoisotopic (exact) mass is 435 g/mol. The Hall–Kier alpha value is -3.07. The number of ether oxygens (including phenoxy) is 1. The Kier molecular flexibility index (Phi) is 7.51. The molecule has 0 saturated carbocycles. The molecule has 1 atom stereocenters. The van der Waals surface area contributed by atoms with Gasteiger partial charge in [-0.05, 0) is 48.9 Å². The van der Waals surface area contributed by atoms with Crippen LogP contribution in [0.4, 0.5) is 18.9 Å². The molecule has 0 radical (unpaired) electrons. The first-order valence-corrected chi connectivity index (χ1v) is 9.94. The van der Waals surface area contributed by atoms with Crippen LogP contribution in [-0.4, -0.2) is 60.4 Å². The van der Waals surface area contributed by atoms with Gasteiger partial charge in [0.1, 0.15) is 11.6 Å². The first-order chi connectivity index (χ1) is 14.8. The molecule has 1 N–H and O–H groups in total. The minimum Gasteiger partial charge on any atom is -0.435 e. The van der Waals surface area contributed by atoms with Gasteiger partial charge in [0.15, 0.2) is 0 Å². The standard InChI is InChI=1S/C22H24F3N3O3/c1-15(21(30)26-18-6-8-19(9-7-18)31-22(24)25)27-10-12-28(13-11-27)20(29)14-16-2-4-17(23)5-3-16/h2-9,15,22H,10-14H2,1H3,(H,26,30). The van der Waals surface area contributed by atoms with Crippen molar-refractivity contribution in [2.45, 2.75) is 26.0 Å². The Bertz CT molecular complexity index is 883. The molecular formula is C22H24F3N3O3. The molecular weight excluding hydrogens is 411 g/mol. The fourth-order valence-corrected chi connectivity index (χ4v) is 3.38. The lowest BCUT2D eigenvalue weighted by Gasteiger charge is -2.37. The van der Waals surface area contributed by atoms with Crippen molar-refractivity contribution in [3.63, 3.8) is 0 Å². The summed E-state index contributed by atoms with van der Waals surface area (Å²) >= 11 is 0. The van der Waals surface area contributed by atoms with Gasteiger partial charge in [0.2, 0.25) is 11.8 Å². The van der Waals surface area contributed by atoms with Crippen molar-refractivity contribution >= 4 is 17.5 Å². The highest BCUT2D eigenvalue weighted by molar-refractivity contribution is 5.94. The molecule has 1 unspecified atom stereocenters. The van der Waals surface area contributed by atoms with E-state index >= 15 is 0 Å². The predicted octanol–water partition coefficient (Wildman–Crippen LogP) is 3.14. The number of carbonyl (C=O) groups excluding carboxylic acids is 2. The fourth-order valence-electron chi connectivity index (χ4n) is 3.38.